The van der Waals surface area contributed by atoms with Gasteiger partial charge >= 0.3 is 0 Å². The molecule has 2 aromatic heterocycles. The third-order valence-corrected chi connectivity index (χ3v) is 4.07. The fraction of sp³-hybridized carbons (Fsp3) is 0.111. The zero-order chi connectivity index (χ0) is 18.5. The third kappa shape index (κ3) is 4.47. The molecule has 8 heteroatoms. The van der Waals surface area contributed by atoms with Crippen molar-refractivity contribution in [1.29, 1.82) is 0 Å². The van der Waals surface area contributed by atoms with E-state index in [2.05, 4.69) is 25.6 Å². The zero-order valence-corrected chi connectivity index (χ0v) is 15.3. The van der Waals surface area contributed by atoms with Gasteiger partial charge in [-0.15, -0.1) is 0 Å². The molecule has 0 radical (unpaired) electrons. The Morgan fingerprint density at radius 3 is 2.54 bits per heavy atom. The lowest BCUT2D eigenvalue weighted by molar-refractivity contribution is 0.0945. The Bertz CT molecular complexity index is 914. The maximum atomic E-state index is 12.4. The summed E-state index contributed by atoms with van der Waals surface area (Å²) < 4.78 is 0. The average molecular weight is 388 g/mol. The van der Waals surface area contributed by atoms with Crippen LogP contribution in [0, 0.1) is 6.92 Å². The quantitative estimate of drug-likeness (QED) is 0.686. The number of nitrogens with one attached hydrogen (secondary N) is 2. The van der Waals surface area contributed by atoms with Gasteiger partial charge in [-0.05, 0) is 37.3 Å². The first-order valence-electron chi connectivity index (χ1n) is 7.78. The van der Waals surface area contributed by atoms with Crippen LogP contribution in [-0.2, 0) is 6.54 Å². The van der Waals surface area contributed by atoms with Gasteiger partial charge in [0.25, 0.3) is 5.91 Å². The van der Waals surface area contributed by atoms with Crippen LogP contribution in [0.4, 0.5) is 11.6 Å². The molecule has 2 N–H and O–H groups in total. The third-order valence-electron chi connectivity index (χ3n) is 3.44. The van der Waals surface area contributed by atoms with E-state index in [0.717, 1.165) is 5.69 Å². The second kappa shape index (κ2) is 8.12. The number of anilines is 2. The predicted molar refractivity (Wildman–Crippen MR) is 102 cm³/mol. The van der Waals surface area contributed by atoms with E-state index in [0.29, 0.717) is 28.0 Å². The summed E-state index contributed by atoms with van der Waals surface area (Å²) in [5.74, 6) is -0.0857. The van der Waals surface area contributed by atoms with Crippen molar-refractivity contribution >= 4 is 40.7 Å². The molecule has 0 saturated heterocycles. The monoisotopic (exact) mass is 387 g/mol. The summed E-state index contributed by atoms with van der Waals surface area (Å²) in [5.41, 5.74) is 2.11. The molecule has 0 bridgehead atoms. The molecule has 0 aliphatic carbocycles. The summed E-state index contributed by atoms with van der Waals surface area (Å²) in [7, 11) is 0. The van der Waals surface area contributed by atoms with Crippen molar-refractivity contribution in [3.8, 4) is 0 Å². The Morgan fingerprint density at radius 1 is 1.08 bits per heavy atom. The lowest BCUT2D eigenvalue weighted by Gasteiger charge is -2.11. The standard InChI is InChI=1S/C18H15Cl2N5O/c1-11-9-15(17(26)22-10-12-5-2-3-8-21-12)24-18(23-11)25-16-13(19)6-4-7-14(16)20/h2-9H,10H2,1H3,(H,22,26)(H,23,24,25). The van der Waals surface area contributed by atoms with Gasteiger partial charge in [0, 0.05) is 11.9 Å². The molecule has 1 amide bonds. The number of hydrogen-bond acceptors (Lipinski definition) is 5. The Labute approximate surface area is 160 Å². The fourth-order valence-electron chi connectivity index (χ4n) is 2.23. The Kier molecular flexibility index (Phi) is 5.65. The van der Waals surface area contributed by atoms with Crippen LogP contribution in [-0.4, -0.2) is 20.9 Å². The zero-order valence-electron chi connectivity index (χ0n) is 13.8. The largest absolute Gasteiger partial charge is 0.345 e. The number of pyridine rings is 1. The molecule has 0 aliphatic heterocycles. The summed E-state index contributed by atoms with van der Waals surface area (Å²) in [6.07, 6.45) is 1.67. The van der Waals surface area contributed by atoms with Crippen molar-refractivity contribution in [2.45, 2.75) is 13.5 Å². The molecule has 0 atom stereocenters. The number of carbonyl (C=O) groups excluding carboxylic acids is 1. The van der Waals surface area contributed by atoms with E-state index >= 15 is 0 Å². The molecular weight excluding hydrogens is 373 g/mol. The van der Waals surface area contributed by atoms with E-state index in [1.807, 2.05) is 18.2 Å². The molecule has 132 valence electrons. The minimum Gasteiger partial charge on any atom is -0.345 e. The summed E-state index contributed by atoms with van der Waals surface area (Å²) in [6, 6.07) is 12.3. The molecule has 6 nitrogen and oxygen atoms in total. The van der Waals surface area contributed by atoms with E-state index in [4.69, 9.17) is 23.2 Å². The number of halogens is 2. The van der Waals surface area contributed by atoms with Gasteiger partial charge in [0.15, 0.2) is 0 Å². The van der Waals surface area contributed by atoms with Crippen LogP contribution in [0.15, 0.2) is 48.7 Å². The summed E-state index contributed by atoms with van der Waals surface area (Å²) in [5, 5.41) is 6.62. The fourth-order valence-corrected chi connectivity index (χ4v) is 2.73. The van der Waals surface area contributed by atoms with Crippen LogP contribution in [0.25, 0.3) is 0 Å². The van der Waals surface area contributed by atoms with Crippen LogP contribution in [0.5, 0.6) is 0 Å². The Morgan fingerprint density at radius 2 is 1.85 bits per heavy atom. The van der Waals surface area contributed by atoms with Crippen molar-refractivity contribution in [3.05, 3.63) is 75.8 Å². The van der Waals surface area contributed by atoms with Gasteiger partial charge in [-0.25, -0.2) is 9.97 Å². The van der Waals surface area contributed by atoms with E-state index in [-0.39, 0.29) is 17.5 Å². The molecule has 0 fully saturated rings. The van der Waals surface area contributed by atoms with Gasteiger partial charge in [0.05, 0.1) is 28.0 Å². The van der Waals surface area contributed by atoms with Gasteiger partial charge in [-0.1, -0.05) is 35.3 Å². The molecule has 2 heterocycles. The van der Waals surface area contributed by atoms with Crippen molar-refractivity contribution in [1.82, 2.24) is 20.3 Å². The van der Waals surface area contributed by atoms with Gasteiger partial charge < -0.3 is 10.6 Å². The highest BCUT2D eigenvalue weighted by Crippen LogP contribution is 2.31. The molecule has 0 spiro atoms. The van der Waals surface area contributed by atoms with Crippen LogP contribution in [0.3, 0.4) is 0 Å². The van der Waals surface area contributed by atoms with E-state index in [1.165, 1.54) is 0 Å². The van der Waals surface area contributed by atoms with Gasteiger partial charge in [-0.2, -0.15) is 0 Å². The molecule has 0 unspecified atom stereocenters. The van der Waals surface area contributed by atoms with Gasteiger partial charge in [0.1, 0.15) is 5.69 Å². The van der Waals surface area contributed by atoms with Gasteiger partial charge in [0.2, 0.25) is 5.95 Å². The van der Waals surface area contributed by atoms with Crippen molar-refractivity contribution in [2.24, 2.45) is 0 Å². The number of benzene rings is 1. The van der Waals surface area contributed by atoms with Crippen molar-refractivity contribution in [2.75, 3.05) is 5.32 Å². The Hall–Kier alpha value is -2.70. The van der Waals surface area contributed by atoms with Crippen LogP contribution in [0.2, 0.25) is 10.0 Å². The summed E-state index contributed by atoms with van der Waals surface area (Å²) in [4.78, 5) is 25.1. The number of carbonyl (C=O) groups is 1. The SMILES string of the molecule is Cc1cc(C(=O)NCc2ccccn2)nc(Nc2c(Cl)cccc2Cl)n1. The number of para-hydroxylation sites is 1. The van der Waals surface area contributed by atoms with E-state index in [1.54, 1.807) is 37.4 Å². The summed E-state index contributed by atoms with van der Waals surface area (Å²) >= 11 is 12.3. The second-order valence-electron chi connectivity index (χ2n) is 5.44. The highest BCUT2D eigenvalue weighted by Gasteiger charge is 2.13. The smallest absolute Gasteiger partial charge is 0.270 e. The first kappa shape index (κ1) is 18.1. The maximum absolute atomic E-state index is 12.4. The van der Waals surface area contributed by atoms with E-state index < -0.39 is 0 Å². The topological polar surface area (TPSA) is 79.8 Å². The molecule has 3 rings (SSSR count). The second-order valence-corrected chi connectivity index (χ2v) is 6.26. The van der Waals surface area contributed by atoms with Crippen LogP contribution in [0.1, 0.15) is 21.9 Å². The lowest BCUT2D eigenvalue weighted by Crippen LogP contribution is -2.24. The molecule has 0 saturated carbocycles. The highest BCUT2D eigenvalue weighted by atomic mass is 35.5. The summed E-state index contributed by atoms with van der Waals surface area (Å²) in [6.45, 7) is 2.08. The minimum atomic E-state index is -0.325. The Balaban J connectivity index is 1.78. The maximum Gasteiger partial charge on any atom is 0.270 e. The van der Waals surface area contributed by atoms with Gasteiger partial charge in [-0.3, -0.25) is 9.78 Å². The van der Waals surface area contributed by atoms with Crippen molar-refractivity contribution < 1.29 is 4.79 Å². The van der Waals surface area contributed by atoms with Crippen molar-refractivity contribution in [3.63, 3.8) is 0 Å². The number of rotatable bonds is 5. The first-order valence-corrected chi connectivity index (χ1v) is 8.53. The average Bonchev–Trinajstić information content (AvgIpc) is 2.63. The number of nitrogens with zero attached hydrogens (tertiary/aromatic N) is 3. The predicted octanol–water partition coefficient (Wildman–Crippen LogP) is 4.16. The molecule has 0 aliphatic rings. The van der Waals surface area contributed by atoms with Crippen LogP contribution < -0.4 is 10.6 Å². The molecule has 26 heavy (non-hydrogen) atoms. The van der Waals surface area contributed by atoms with Crippen LogP contribution >= 0.6 is 23.2 Å². The highest BCUT2D eigenvalue weighted by molar-refractivity contribution is 6.39. The number of aromatic nitrogens is 3. The molecule has 1 aromatic carbocycles. The lowest BCUT2D eigenvalue weighted by atomic mass is 10.3. The molecular formula is C18H15Cl2N5O. The first-order chi connectivity index (χ1) is 12.5. The number of aryl methyl sites for hydroxylation is 1. The molecule has 3 aromatic rings. The minimum absolute atomic E-state index is 0.235. The number of amides is 1. The normalized spacial score (nSPS) is 10.4. The number of hydrogen-bond donors (Lipinski definition) is 2. The van der Waals surface area contributed by atoms with E-state index in [9.17, 15) is 4.79 Å².